The number of pyridine rings is 1. The summed E-state index contributed by atoms with van der Waals surface area (Å²) in [5.41, 5.74) is 3.16. The highest BCUT2D eigenvalue weighted by atomic mass is 19.4. The maximum Gasteiger partial charge on any atom is 0.471 e. The van der Waals surface area contributed by atoms with E-state index < -0.39 is 12.1 Å². The zero-order valence-electron chi connectivity index (χ0n) is 13.8. The number of alkyl halides is 3. The van der Waals surface area contributed by atoms with Crippen LogP contribution in [0.5, 0.6) is 0 Å². The number of anilines is 1. The lowest BCUT2D eigenvalue weighted by atomic mass is 10.0. The number of hydrogen-bond acceptors (Lipinski definition) is 4. The van der Waals surface area contributed by atoms with Crippen LogP contribution in [0.3, 0.4) is 0 Å². The Morgan fingerprint density at radius 3 is 2.60 bits per heavy atom. The lowest BCUT2D eigenvalue weighted by Crippen LogP contribution is -2.37. The number of carbonyl (C=O) groups excluding carboxylic acids is 1. The number of aromatic nitrogens is 1. The maximum atomic E-state index is 12.1. The van der Waals surface area contributed by atoms with Gasteiger partial charge in [-0.25, -0.2) is 4.98 Å². The minimum absolute atomic E-state index is 0.126. The molecule has 0 radical (unpaired) electrons. The fourth-order valence-electron chi connectivity index (χ4n) is 2.45. The van der Waals surface area contributed by atoms with Crippen molar-refractivity contribution in [3.05, 3.63) is 34.9 Å². The molecule has 1 aromatic carbocycles. The van der Waals surface area contributed by atoms with Crippen molar-refractivity contribution in [1.82, 2.24) is 10.3 Å². The highest BCUT2D eigenvalue weighted by molar-refractivity contribution is 5.86. The topological polar surface area (TPSA) is 77.8 Å². The van der Waals surface area contributed by atoms with E-state index in [0.717, 1.165) is 22.0 Å². The second-order valence-electron chi connectivity index (χ2n) is 5.68. The minimum Gasteiger partial charge on any atom is -0.369 e. The van der Waals surface area contributed by atoms with Crippen molar-refractivity contribution >= 4 is 22.6 Å². The summed E-state index contributed by atoms with van der Waals surface area (Å²) in [7, 11) is 0. The molecule has 0 spiro atoms. The van der Waals surface area contributed by atoms with Gasteiger partial charge in [-0.2, -0.15) is 18.4 Å². The molecular weight excluding hydrogens is 333 g/mol. The summed E-state index contributed by atoms with van der Waals surface area (Å²) in [6.07, 6.45) is -4.61. The van der Waals surface area contributed by atoms with Gasteiger partial charge in [-0.1, -0.05) is 6.07 Å². The first-order chi connectivity index (χ1) is 11.7. The van der Waals surface area contributed by atoms with E-state index in [1.807, 2.05) is 26.0 Å². The molecular formula is C17H17F3N4O. The number of amides is 1. The quantitative estimate of drug-likeness (QED) is 0.812. The minimum atomic E-state index is -4.88. The summed E-state index contributed by atoms with van der Waals surface area (Å²) in [6, 6.07) is 7.71. The molecule has 0 aliphatic carbocycles. The van der Waals surface area contributed by atoms with Crippen LogP contribution < -0.4 is 10.6 Å². The molecule has 2 N–H and O–H groups in total. The number of fused-ring (bicyclic) bond motifs is 1. The monoisotopic (exact) mass is 350 g/mol. The van der Waals surface area contributed by atoms with Gasteiger partial charge in [0.05, 0.1) is 11.1 Å². The summed E-state index contributed by atoms with van der Waals surface area (Å²) in [5.74, 6) is -1.58. The molecule has 8 heteroatoms. The Labute approximate surface area is 142 Å². The summed E-state index contributed by atoms with van der Waals surface area (Å²) in [6.45, 7) is 4.03. The molecule has 0 saturated carbocycles. The maximum absolute atomic E-state index is 12.1. The zero-order chi connectivity index (χ0) is 18.6. The molecule has 1 aromatic heterocycles. The summed E-state index contributed by atoms with van der Waals surface area (Å²) in [5, 5.41) is 14.9. The van der Waals surface area contributed by atoms with Crippen molar-refractivity contribution < 1.29 is 18.0 Å². The molecule has 2 aromatic rings. The molecule has 0 atom stereocenters. The normalized spacial score (nSPS) is 11.2. The number of nitriles is 1. The van der Waals surface area contributed by atoms with Crippen LogP contribution in [0, 0.1) is 25.2 Å². The molecule has 5 nitrogen and oxygen atoms in total. The molecule has 2 rings (SSSR count). The van der Waals surface area contributed by atoms with Crippen molar-refractivity contribution in [2.75, 3.05) is 18.4 Å². The number of carbonyl (C=O) groups is 1. The van der Waals surface area contributed by atoms with Crippen molar-refractivity contribution in [2.24, 2.45) is 0 Å². The van der Waals surface area contributed by atoms with Crippen molar-refractivity contribution in [1.29, 1.82) is 5.26 Å². The summed E-state index contributed by atoms with van der Waals surface area (Å²) < 4.78 is 36.2. The fraction of sp³-hybridized carbons (Fsp3) is 0.353. The van der Waals surface area contributed by atoms with Gasteiger partial charge in [-0.15, -0.1) is 0 Å². The number of aryl methyl sites for hydroxylation is 2. The molecule has 132 valence electrons. The van der Waals surface area contributed by atoms with E-state index in [-0.39, 0.29) is 19.5 Å². The molecule has 0 unspecified atom stereocenters. The van der Waals surface area contributed by atoms with Crippen LogP contribution in [0.1, 0.15) is 23.1 Å². The van der Waals surface area contributed by atoms with Crippen LogP contribution in [-0.2, 0) is 4.79 Å². The van der Waals surface area contributed by atoms with E-state index >= 15 is 0 Å². The van der Waals surface area contributed by atoms with Gasteiger partial charge < -0.3 is 10.6 Å². The Bertz CT molecular complexity index is 840. The second kappa shape index (κ2) is 7.38. The van der Waals surface area contributed by atoms with Gasteiger partial charge >= 0.3 is 12.1 Å². The first-order valence-electron chi connectivity index (χ1n) is 7.63. The fourth-order valence-corrected chi connectivity index (χ4v) is 2.45. The van der Waals surface area contributed by atoms with Gasteiger partial charge in [0.25, 0.3) is 0 Å². The van der Waals surface area contributed by atoms with Crippen molar-refractivity contribution in [3.63, 3.8) is 0 Å². The number of benzene rings is 1. The number of rotatable bonds is 5. The highest BCUT2D eigenvalue weighted by Gasteiger charge is 2.38. The van der Waals surface area contributed by atoms with Gasteiger partial charge in [0.15, 0.2) is 0 Å². The smallest absolute Gasteiger partial charge is 0.369 e. The number of halogens is 3. The first kappa shape index (κ1) is 18.5. The SMILES string of the molecule is Cc1cc(C)c2cc(C#N)c(NCCCNC(=O)C(F)(F)F)nc2c1. The number of hydrogen-bond donors (Lipinski definition) is 2. The molecule has 0 bridgehead atoms. The predicted molar refractivity (Wildman–Crippen MR) is 88.1 cm³/mol. The predicted octanol–water partition coefficient (Wildman–Crippen LogP) is 3.20. The van der Waals surface area contributed by atoms with Crippen LogP contribution >= 0.6 is 0 Å². The largest absolute Gasteiger partial charge is 0.471 e. The zero-order valence-corrected chi connectivity index (χ0v) is 13.8. The summed E-state index contributed by atoms with van der Waals surface area (Å²) >= 11 is 0. The van der Waals surface area contributed by atoms with Crippen LogP contribution in [0.2, 0.25) is 0 Å². The lowest BCUT2D eigenvalue weighted by Gasteiger charge is -2.11. The lowest BCUT2D eigenvalue weighted by molar-refractivity contribution is -0.173. The van der Waals surface area contributed by atoms with Gasteiger partial charge in [0.1, 0.15) is 11.9 Å². The van der Waals surface area contributed by atoms with Gasteiger partial charge in [0, 0.05) is 18.5 Å². The van der Waals surface area contributed by atoms with Crippen LogP contribution in [0.15, 0.2) is 18.2 Å². The van der Waals surface area contributed by atoms with Gasteiger partial charge in [-0.3, -0.25) is 4.79 Å². The average molecular weight is 350 g/mol. The Hall–Kier alpha value is -2.82. The van der Waals surface area contributed by atoms with Crippen molar-refractivity contribution in [2.45, 2.75) is 26.4 Å². The highest BCUT2D eigenvalue weighted by Crippen LogP contribution is 2.24. The van der Waals surface area contributed by atoms with Crippen molar-refractivity contribution in [3.8, 4) is 6.07 Å². The third-order valence-corrected chi connectivity index (χ3v) is 3.59. The third kappa shape index (κ3) is 4.59. The van der Waals surface area contributed by atoms with Crippen LogP contribution in [0.4, 0.5) is 19.0 Å². The van der Waals surface area contributed by atoms with E-state index in [4.69, 9.17) is 0 Å². The molecule has 0 saturated heterocycles. The van der Waals surface area contributed by atoms with Crippen LogP contribution in [-0.4, -0.2) is 30.2 Å². The molecule has 0 aliphatic rings. The Kier molecular flexibility index (Phi) is 5.47. The third-order valence-electron chi connectivity index (χ3n) is 3.59. The van der Waals surface area contributed by atoms with E-state index in [1.54, 1.807) is 11.4 Å². The van der Waals surface area contributed by atoms with Gasteiger partial charge in [0.2, 0.25) is 0 Å². The van der Waals surface area contributed by atoms with E-state index in [9.17, 15) is 23.2 Å². The van der Waals surface area contributed by atoms with Gasteiger partial charge in [-0.05, 0) is 43.5 Å². The standard InChI is InChI=1S/C17H17F3N4O/c1-10-6-11(2)13-8-12(9-21)15(24-14(13)7-10)22-4-3-5-23-16(25)17(18,19)20/h6-8H,3-5H2,1-2H3,(H,22,24)(H,23,25). The Balaban J connectivity index is 2.03. The van der Waals surface area contributed by atoms with E-state index in [2.05, 4.69) is 16.4 Å². The molecule has 1 heterocycles. The van der Waals surface area contributed by atoms with Crippen LogP contribution in [0.25, 0.3) is 10.9 Å². The second-order valence-corrected chi connectivity index (χ2v) is 5.68. The molecule has 1 amide bonds. The molecule has 0 aliphatic heterocycles. The number of nitrogens with zero attached hydrogens (tertiary/aromatic N) is 2. The first-order valence-corrected chi connectivity index (χ1v) is 7.63. The average Bonchev–Trinajstić information content (AvgIpc) is 2.52. The number of nitrogens with one attached hydrogen (secondary N) is 2. The Morgan fingerprint density at radius 2 is 1.96 bits per heavy atom. The molecule has 0 fully saturated rings. The molecule has 25 heavy (non-hydrogen) atoms. The Morgan fingerprint density at radius 1 is 1.24 bits per heavy atom. The van der Waals surface area contributed by atoms with E-state index in [1.165, 1.54) is 0 Å². The summed E-state index contributed by atoms with van der Waals surface area (Å²) in [4.78, 5) is 15.1. The van der Waals surface area contributed by atoms with E-state index in [0.29, 0.717) is 11.4 Å².